The van der Waals surface area contributed by atoms with Crippen LogP contribution in [0.1, 0.15) is 28.3 Å². The quantitative estimate of drug-likeness (QED) is 0.662. The number of esters is 1. The van der Waals surface area contributed by atoms with Crippen LogP contribution in [-0.2, 0) is 9.53 Å². The molecule has 90 valence electrons. The molecule has 5 heteroatoms. The number of hydrogen-bond donors (Lipinski definition) is 1. The first-order valence-electron chi connectivity index (χ1n) is 5.24. The smallest absolute Gasteiger partial charge is 0.338 e. The number of carboxylic acids is 1. The maximum Gasteiger partial charge on any atom is 0.338 e. The lowest BCUT2D eigenvalue weighted by Crippen LogP contribution is -2.36. The average Bonchev–Trinajstić information content (AvgIpc) is 2.29. The van der Waals surface area contributed by atoms with E-state index in [9.17, 15) is 14.7 Å². The summed E-state index contributed by atoms with van der Waals surface area (Å²) in [5.74, 6) is -2.06. The van der Waals surface area contributed by atoms with Crippen LogP contribution in [-0.4, -0.2) is 29.0 Å². The summed E-state index contributed by atoms with van der Waals surface area (Å²) >= 11 is 5.60. The number of hydrogen-bond acceptors (Lipinski definition) is 3. The van der Waals surface area contributed by atoms with Gasteiger partial charge in [0, 0.05) is 5.88 Å². The number of carbonyl (C=O) groups excluding carboxylic acids is 1. The maximum atomic E-state index is 11.7. The third-order valence-electron chi connectivity index (χ3n) is 2.81. The number of carboxylic acid groups (broad SMARTS) is 1. The molecule has 2 unspecified atom stereocenters. The van der Waals surface area contributed by atoms with E-state index >= 15 is 0 Å². The number of fused-ring (bicyclic) bond motifs is 1. The summed E-state index contributed by atoms with van der Waals surface area (Å²) in [4.78, 5) is 23.0. The highest BCUT2D eigenvalue weighted by Gasteiger charge is 2.39. The molecular weight excluding hydrogens is 244 g/mol. The highest BCUT2D eigenvalue weighted by molar-refractivity contribution is 6.17. The zero-order valence-electron chi connectivity index (χ0n) is 8.93. The van der Waals surface area contributed by atoms with Gasteiger partial charge in [0.05, 0.1) is 5.56 Å². The molecule has 1 heterocycles. The predicted octanol–water partition coefficient (Wildman–Crippen LogP) is 2.02. The van der Waals surface area contributed by atoms with Gasteiger partial charge < -0.3 is 9.84 Å². The number of rotatable bonds is 3. The van der Waals surface area contributed by atoms with Crippen LogP contribution in [0.3, 0.4) is 0 Å². The number of halogens is 1. The van der Waals surface area contributed by atoms with Crippen LogP contribution < -0.4 is 0 Å². The van der Waals surface area contributed by atoms with E-state index in [1.54, 1.807) is 24.3 Å². The Morgan fingerprint density at radius 2 is 2.12 bits per heavy atom. The predicted molar refractivity (Wildman–Crippen MR) is 61.4 cm³/mol. The van der Waals surface area contributed by atoms with Crippen LogP contribution in [0.5, 0.6) is 0 Å². The van der Waals surface area contributed by atoms with Crippen LogP contribution in [0.2, 0.25) is 0 Å². The zero-order chi connectivity index (χ0) is 12.4. The van der Waals surface area contributed by atoms with Crippen molar-refractivity contribution in [2.24, 2.45) is 0 Å². The van der Waals surface area contributed by atoms with Crippen LogP contribution in [0.4, 0.5) is 0 Å². The summed E-state index contributed by atoms with van der Waals surface area (Å²) in [7, 11) is 0. The van der Waals surface area contributed by atoms with E-state index in [4.69, 9.17) is 16.3 Å². The lowest BCUT2D eigenvalue weighted by atomic mass is 9.86. The van der Waals surface area contributed by atoms with Gasteiger partial charge in [-0.1, -0.05) is 18.2 Å². The van der Waals surface area contributed by atoms with Crippen molar-refractivity contribution >= 4 is 23.5 Å². The molecule has 0 spiro atoms. The van der Waals surface area contributed by atoms with Crippen molar-refractivity contribution in [2.75, 3.05) is 5.88 Å². The van der Waals surface area contributed by atoms with Gasteiger partial charge in [-0.15, -0.1) is 11.6 Å². The van der Waals surface area contributed by atoms with E-state index in [1.165, 1.54) is 0 Å². The second kappa shape index (κ2) is 4.75. The molecule has 2 rings (SSSR count). The van der Waals surface area contributed by atoms with Gasteiger partial charge in [-0.2, -0.15) is 0 Å². The van der Waals surface area contributed by atoms with E-state index in [1.807, 2.05) is 0 Å². The summed E-state index contributed by atoms with van der Waals surface area (Å²) in [6.45, 7) is 0. The van der Waals surface area contributed by atoms with Crippen LogP contribution in [0.25, 0.3) is 0 Å². The minimum Gasteiger partial charge on any atom is -0.481 e. The summed E-state index contributed by atoms with van der Waals surface area (Å²) in [6, 6.07) is 6.62. The molecule has 0 saturated carbocycles. The summed E-state index contributed by atoms with van der Waals surface area (Å²) < 4.78 is 5.12. The maximum absolute atomic E-state index is 11.7. The van der Waals surface area contributed by atoms with Gasteiger partial charge in [0.1, 0.15) is 12.0 Å². The van der Waals surface area contributed by atoms with Crippen molar-refractivity contribution in [3.05, 3.63) is 35.4 Å². The second-order valence-electron chi connectivity index (χ2n) is 3.82. The molecule has 1 N–H and O–H groups in total. The summed E-state index contributed by atoms with van der Waals surface area (Å²) in [5, 5.41) is 9.23. The Kier molecular flexibility index (Phi) is 3.33. The third-order valence-corrected chi connectivity index (χ3v) is 3.02. The SMILES string of the molecule is O=C1OC(CCCl)C(C(=O)O)c2ccccc21. The van der Waals surface area contributed by atoms with Gasteiger partial charge >= 0.3 is 11.9 Å². The highest BCUT2D eigenvalue weighted by Crippen LogP contribution is 2.33. The Morgan fingerprint density at radius 3 is 2.76 bits per heavy atom. The molecular formula is C12H11ClO4. The van der Waals surface area contributed by atoms with Crippen LogP contribution in [0.15, 0.2) is 24.3 Å². The second-order valence-corrected chi connectivity index (χ2v) is 4.20. The van der Waals surface area contributed by atoms with Crippen LogP contribution >= 0.6 is 11.6 Å². The van der Waals surface area contributed by atoms with Crippen molar-refractivity contribution in [2.45, 2.75) is 18.4 Å². The Labute approximate surface area is 103 Å². The molecule has 0 bridgehead atoms. The first-order chi connectivity index (χ1) is 8.15. The van der Waals surface area contributed by atoms with Gasteiger partial charge in [-0.25, -0.2) is 4.79 Å². The largest absolute Gasteiger partial charge is 0.481 e. The summed E-state index contributed by atoms with van der Waals surface area (Å²) in [5.41, 5.74) is 0.831. The fourth-order valence-corrected chi connectivity index (χ4v) is 2.26. The van der Waals surface area contributed by atoms with E-state index in [2.05, 4.69) is 0 Å². The Morgan fingerprint density at radius 1 is 1.41 bits per heavy atom. The molecule has 0 aliphatic carbocycles. The molecule has 1 aliphatic rings. The standard InChI is InChI=1S/C12H11ClO4/c13-6-5-9-10(11(14)15)7-3-1-2-4-8(7)12(16)17-9/h1-4,9-10H,5-6H2,(H,14,15). The minimum atomic E-state index is -1.000. The van der Waals surface area contributed by atoms with Gasteiger partial charge in [-0.3, -0.25) is 4.79 Å². The number of aliphatic carboxylic acids is 1. The molecule has 1 aromatic rings. The topological polar surface area (TPSA) is 63.6 Å². The number of benzene rings is 1. The molecule has 1 aromatic carbocycles. The Balaban J connectivity index is 2.46. The molecule has 0 radical (unpaired) electrons. The molecule has 0 fully saturated rings. The normalized spacial score (nSPS) is 22.8. The molecule has 2 atom stereocenters. The molecule has 1 aliphatic heterocycles. The fourth-order valence-electron chi connectivity index (χ4n) is 2.05. The Bertz CT molecular complexity index is 458. The lowest BCUT2D eigenvalue weighted by molar-refractivity contribution is -0.142. The molecule has 0 amide bonds. The Hall–Kier alpha value is -1.55. The molecule has 17 heavy (non-hydrogen) atoms. The van der Waals surface area contributed by atoms with Gasteiger partial charge in [0.25, 0.3) is 0 Å². The number of cyclic esters (lactones) is 1. The minimum absolute atomic E-state index is 0.254. The molecule has 0 saturated heterocycles. The van der Waals surface area contributed by atoms with Crippen molar-refractivity contribution < 1.29 is 19.4 Å². The van der Waals surface area contributed by atoms with Gasteiger partial charge in [0.2, 0.25) is 0 Å². The van der Waals surface area contributed by atoms with Gasteiger partial charge in [0.15, 0.2) is 0 Å². The monoisotopic (exact) mass is 254 g/mol. The zero-order valence-corrected chi connectivity index (χ0v) is 9.68. The fraction of sp³-hybridized carbons (Fsp3) is 0.333. The van der Waals surface area contributed by atoms with Gasteiger partial charge in [-0.05, 0) is 18.1 Å². The first kappa shape index (κ1) is 11.9. The first-order valence-corrected chi connectivity index (χ1v) is 5.77. The van der Waals surface area contributed by atoms with Crippen molar-refractivity contribution in [3.63, 3.8) is 0 Å². The van der Waals surface area contributed by atoms with Crippen molar-refractivity contribution in [3.8, 4) is 0 Å². The summed E-state index contributed by atoms with van der Waals surface area (Å²) in [6.07, 6.45) is -0.356. The van der Waals surface area contributed by atoms with Crippen molar-refractivity contribution in [1.29, 1.82) is 0 Å². The van der Waals surface area contributed by atoms with E-state index < -0.39 is 24.0 Å². The van der Waals surface area contributed by atoms with E-state index in [0.29, 0.717) is 17.5 Å². The van der Waals surface area contributed by atoms with Crippen LogP contribution in [0, 0.1) is 0 Å². The third kappa shape index (κ3) is 2.13. The van der Waals surface area contributed by atoms with Crippen molar-refractivity contribution in [1.82, 2.24) is 0 Å². The molecule has 0 aromatic heterocycles. The number of alkyl halides is 1. The highest BCUT2D eigenvalue weighted by atomic mass is 35.5. The van der Waals surface area contributed by atoms with E-state index in [0.717, 1.165) is 0 Å². The molecule has 4 nitrogen and oxygen atoms in total. The average molecular weight is 255 g/mol. The van der Waals surface area contributed by atoms with E-state index in [-0.39, 0.29) is 5.88 Å². The number of carbonyl (C=O) groups is 2. The lowest BCUT2D eigenvalue weighted by Gasteiger charge is -2.29. The number of ether oxygens (including phenoxy) is 1.